The fraction of sp³-hybridized carbons (Fsp3) is 0.222. The van der Waals surface area contributed by atoms with Gasteiger partial charge < -0.3 is 10.3 Å². The topological polar surface area (TPSA) is 30.9 Å². The predicted molar refractivity (Wildman–Crippen MR) is 89.7 cm³/mol. The third-order valence-electron chi connectivity index (χ3n) is 4.29. The Balaban J connectivity index is 1.69. The van der Waals surface area contributed by atoms with Crippen LogP contribution in [0.15, 0.2) is 59.6 Å². The zero-order valence-corrected chi connectivity index (χ0v) is 12.6. The second-order valence-electron chi connectivity index (χ2n) is 5.61. The van der Waals surface area contributed by atoms with Crippen molar-refractivity contribution in [3.63, 3.8) is 0 Å². The molecule has 4 rings (SSSR count). The van der Waals surface area contributed by atoms with E-state index in [2.05, 4.69) is 59.3 Å². The van der Waals surface area contributed by atoms with Gasteiger partial charge in [0.15, 0.2) is 0 Å². The van der Waals surface area contributed by atoms with E-state index in [1.54, 1.807) is 0 Å². The number of rotatable bonds is 3. The fourth-order valence-electron chi connectivity index (χ4n) is 3.13. The first kappa shape index (κ1) is 13.0. The highest BCUT2D eigenvalue weighted by Gasteiger charge is 2.23. The van der Waals surface area contributed by atoms with Crippen molar-refractivity contribution in [3.8, 4) is 0 Å². The molecule has 2 aromatic carbocycles. The van der Waals surface area contributed by atoms with Crippen molar-refractivity contribution in [2.24, 2.45) is 5.73 Å². The second-order valence-corrected chi connectivity index (χ2v) is 6.67. The van der Waals surface area contributed by atoms with Crippen molar-refractivity contribution in [1.82, 2.24) is 4.57 Å². The summed E-state index contributed by atoms with van der Waals surface area (Å²) in [7, 11) is 0. The van der Waals surface area contributed by atoms with E-state index in [9.17, 15) is 0 Å². The fourth-order valence-corrected chi connectivity index (χ4v) is 4.38. The standard InChI is InChI=1S/C18H18N2S/c19-10-13-5-6-14-7-8-20(17(14)9-13)11-15-12-21-18-4-2-1-3-16(15)18/h1-9,15H,10-12,19H2. The second kappa shape index (κ2) is 5.24. The Morgan fingerprint density at radius 1 is 1.14 bits per heavy atom. The van der Waals surface area contributed by atoms with Crippen LogP contribution in [0.1, 0.15) is 17.0 Å². The minimum absolute atomic E-state index is 0.600. The third kappa shape index (κ3) is 2.27. The van der Waals surface area contributed by atoms with Crippen molar-refractivity contribution >= 4 is 22.7 Å². The lowest BCUT2D eigenvalue weighted by Gasteiger charge is -2.13. The van der Waals surface area contributed by atoms with E-state index in [0.717, 1.165) is 6.54 Å². The minimum Gasteiger partial charge on any atom is -0.347 e. The molecule has 2 heterocycles. The molecule has 106 valence electrons. The third-order valence-corrected chi connectivity index (χ3v) is 5.54. The zero-order chi connectivity index (χ0) is 14.2. The molecule has 3 heteroatoms. The highest BCUT2D eigenvalue weighted by Crippen LogP contribution is 2.40. The van der Waals surface area contributed by atoms with Crippen LogP contribution < -0.4 is 5.73 Å². The first-order valence-corrected chi connectivity index (χ1v) is 8.33. The molecule has 2 N–H and O–H groups in total. The van der Waals surface area contributed by atoms with E-state index in [-0.39, 0.29) is 0 Å². The van der Waals surface area contributed by atoms with E-state index >= 15 is 0 Å². The summed E-state index contributed by atoms with van der Waals surface area (Å²) in [5, 5.41) is 1.30. The van der Waals surface area contributed by atoms with E-state index < -0.39 is 0 Å². The molecule has 0 amide bonds. The number of thioether (sulfide) groups is 1. The van der Waals surface area contributed by atoms with Gasteiger partial charge >= 0.3 is 0 Å². The lowest BCUT2D eigenvalue weighted by atomic mass is 10.0. The molecule has 0 saturated heterocycles. The Kier molecular flexibility index (Phi) is 3.24. The van der Waals surface area contributed by atoms with Gasteiger partial charge in [-0.2, -0.15) is 0 Å². The van der Waals surface area contributed by atoms with Gasteiger partial charge in [0.1, 0.15) is 0 Å². The summed E-state index contributed by atoms with van der Waals surface area (Å²) >= 11 is 1.98. The molecule has 0 saturated carbocycles. The van der Waals surface area contributed by atoms with Gasteiger partial charge in [-0.25, -0.2) is 0 Å². The molecule has 1 aliphatic heterocycles. The van der Waals surface area contributed by atoms with Crippen LogP contribution in [0.5, 0.6) is 0 Å². The van der Waals surface area contributed by atoms with E-state index in [1.807, 2.05) is 11.8 Å². The van der Waals surface area contributed by atoms with E-state index in [1.165, 1.54) is 32.7 Å². The highest BCUT2D eigenvalue weighted by atomic mass is 32.2. The van der Waals surface area contributed by atoms with E-state index in [0.29, 0.717) is 12.5 Å². The van der Waals surface area contributed by atoms with Gasteiger partial charge in [-0.3, -0.25) is 0 Å². The number of aromatic nitrogens is 1. The Morgan fingerprint density at radius 3 is 2.95 bits per heavy atom. The van der Waals surface area contributed by atoms with Gasteiger partial charge in [-0.1, -0.05) is 30.3 Å². The summed E-state index contributed by atoms with van der Waals surface area (Å²) in [5.74, 6) is 1.78. The molecule has 0 bridgehead atoms. The average Bonchev–Trinajstić information content (AvgIpc) is 3.12. The number of nitrogens with two attached hydrogens (primary N) is 1. The Bertz CT molecular complexity index is 791. The molecule has 1 aliphatic rings. The number of fused-ring (bicyclic) bond motifs is 2. The molecular formula is C18H18N2S. The monoisotopic (exact) mass is 294 g/mol. The average molecular weight is 294 g/mol. The summed E-state index contributed by atoms with van der Waals surface area (Å²) in [5.41, 5.74) is 9.77. The zero-order valence-electron chi connectivity index (χ0n) is 11.8. The van der Waals surface area contributed by atoms with Crippen molar-refractivity contribution < 1.29 is 0 Å². The predicted octanol–water partition coefficient (Wildman–Crippen LogP) is 3.99. The van der Waals surface area contributed by atoms with Crippen LogP contribution >= 0.6 is 11.8 Å². The van der Waals surface area contributed by atoms with E-state index in [4.69, 9.17) is 5.73 Å². The maximum absolute atomic E-state index is 5.77. The quantitative estimate of drug-likeness (QED) is 0.792. The lowest BCUT2D eigenvalue weighted by molar-refractivity contribution is 0.622. The molecule has 3 aromatic rings. The number of hydrogen-bond acceptors (Lipinski definition) is 2. The summed E-state index contributed by atoms with van der Waals surface area (Å²) in [6, 6.07) is 17.5. The number of benzene rings is 2. The molecule has 1 atom stereocenters. The molecule has 0 aliphatic carbocycles. The van der Waals surface area contributed by atoms with Gasteiger partial charge in [0.25, 0.3) is 0 Å². The van der Waals surface area contributed by atoms with Crippen molar-refractivity contribution in [1.29, 1.82) is 0 Å². The summed E-state index contributed by atoms with van der Waals surface area (Å²) in [6.07, 6.45) is 2.20. The SMILES string of the molecule is NCc1ccc2ccn(CC3CSc4ccccc43)c2c1. The van der Waals surface area contributed by atoms with Gasteiger partial charge in [0, 0.05) is 41.4 Å². The molecule has 0 spiro atoms. The highest BCUT2D eigenvalue weighted by molar-refractivity contribution is 7.99. The van der Waals surface area contributed by atoms with Crippen LogP contribution in [-0.4, -0.2) is 10.3 Å². The van der Waals surface area contributed by atoms with Crippen LogP contribution in [0, 0.1) is 0 Å². The summed E-state index contributed by atoms with van der Waals surface area (Å²) in [6.45, 7) is 1.64. The van der Waals surface area contributed by atoms with Crippen LogP contribution in [0.4, 0.5) is 0 Å². The Morgan fingerprint density at radius 2 is 2.05 bits per heavy atom. The molecule has 0 fully saturated rings. The minimum atomic E-state index is 0.600. The first-order chi connectivity index (χ1) is 10.3. The number of nitrogens with zero attached hydrogens (tertiary/aromatic N) is 1. The van der Waals surface area contributed by atoms with Gasteiger partial charge in [-0.15, -0.1) is 11.8 Å². The van der Waals surface area contributed by atoms with Crippen molar-refractivity contribution in [2.75, 3.05) is 5.75 Å². The van der Waals surface area contributed by atoms with Crippen LogP contribution in [0.25, 0.3) is 10.9 Å². The maximum atomic E-state index is 5.77. The van der Waals surface area contributed by atoms with Gasteiger partial charge in [0.2, 0.25) is 0 Å². The molecule has 1 aromatic heterocycles. The van der Waals surface area contributed by atoms with Crippen LogP contribution in [0.3, 0.4) is 0 Å². The summed E-state index contributed by atoms with van der Waals surface area (Å²) in [4.78, 5) is 1.45. The lowest BCUT2D eigenvalue weighted by Crippen LogP contribution is -2.08. The van der Waals surface area contributed by atoms with Crippen LogP contribution in [-0.2, 0) is 13.1 Å². The molecule has 0 radical (unpaired) electrons. The largest absolute Gasteiger partial charge is 0.347 e. The smallest absolute Gasteiger partial charge is 0.0483 e. The van der Waals surface area contributed by atoms with Gasteiger partial charge in [-0.05, 0) is 34.7 Å². The summed E-state index contributed by atoms with van der Waals surface area (Å²) < 4.78 is 2.38. The molecule has 1 unspecified atom stereocenters. The van der Waals surface area contributed by atoms with Crippen molar-refractivity contribution in [3.05, 3.63) is 65.9 Å². The van der Waals surface area contributed by atoms with Crippen molar-refractivity contribution in [2.45, 2.75) is 23.9 Å². The Labute approximate surface area is 129 Å². The normalized spacial score (nSPS) is 17.3. The molecular weight excluding hydrogens is 276 g/mol. The van der Waals surface area contributed by atoms with Gasteiger partial charge in [0.05, 0.1) is 0 Å². The van der Waals surface area contributed by atoms with Crippen LogP contribution in [0.2, 0.25) is 0 Å². The molecule has 21 heavy (non-hydrogen) atoms. The first-order valence-electron chi connectivity index (χ1n) is 7.35. The number of hydrogen-bond donors (Lipinski definition) is 1. The molecule has 2 nitrogen and oxygen atoms in total. The Hall–Kier alpha value is -1.71. The maximum Gasteiger partial charge on any atom is 0.0483 e.